The lowest BCUT2D eigenvalue weighted by atomic mass is 10.1. The molecule has 0 aliphatic carbocycles. The van der Waals surface area contributed by atoms with Gasteiger partial charge in [0.2, 0.25) is 0 Å². The fraction of sp³-hybridized carbons (Fsp3) is 0.118. The van der Waals surface area contributed by atoms with Crippen LogP contribution in [0.15, 0.2) is 60.0 Å². The lowest BCUT2D eigenvalue weighted by Crippen LogP contribution is -2.12. The van der Waals surface area contributed by atoms with Crippen LogP contribution in [0.4, 0.5) is 5.69 Å². The van der Waals surface area contributed by atoms with Gasteiger partial charge in [-0.15, -0.1) is 0 Å². The van der Waals surface area contributed by atoms with Crippen molar-refractivity contribution < 1.29 is 9.53 Å². The zero-order valence-electron chi connectivity index (χ0n) is 13.0. The number of hydrogen-bond donors (Lipinski definition) is 2. The molecule has 2 aromatic carbocycles. The molecule has 0 radical (unpaired) electrons. The van der Waals surface area contributed by atoms with Crippen molar-refractivity contribution in [3.8, 4) is 5.75 Å². The zero-order chi connectivity index (χ0) is 16.8. The predicted molar refractivity (Wildman–Crippen MR) is 93.3 cm³/mol. The standard InChI is InChI=1S/C17H16N4O2S/c1-23-15-8-3-2-7-14(15)20-16(22)13-6-4-5-12(9-13)10-24-17-18-11-19-21-17/h2-9,11H,10H2,1H3,(H,20,22)(H,18,19,21). The van der Waals surface area contributed by atoms with Crippen molar-refractivity contribution in [3.63, 3.8) is 0 Å². The van der Waals surface area contributed by atoms with Crippen LogP contribution >= 0.6 is 11.8 Å². The summed E-state index contributed by atoms with van der Waals surface area (Å²) in [5, 5.41) is 10.2. The monoisotopic (exact) mass is 340 g/mol. The van der Waals surface area contributed by atoms with Gasteiger partial charge in [0.05, 0.1) is 12.8 Å². The van der Waals surface area contributed by atoms with Crippen molar-refractivity contribution in [3.05, 3.63) is 66.0 Å². The highest BCUT2D eigenvalue weighted by Gasteiger charge is 2.10. The highest BCUT2D eigenvalue weighted by Crippen LogP contribution is 2.24. The van der Waals surface area contributed by atoms with E-state index in [0.717, 1.165) is 10.7 Å². The first kappa shape index (κ1) is 16.1. The first-order valence-corrected chi connectivity index (χ1v) is 8.26. The number of nitrogens with one attached hydrogen (secondary N) is 2. The summed E-state index contributed by atoms with van der Waals surface area (Å²) >= 11 is 1.53. The Hall–Kier alpha value is -2.80. The maximum Gasteiger partial charge on any atom is 0.255 e. The van der Waals surface area contributed by atoms with E-state index in [1.807, 2.05) is 30.3 Å². The van der Waals surface area contributed by atoms with Gasteiger partial charge in [-0.2, -0.15) is 5.10 Å². The largest absolute Gasteiger partial charge is 0.495 e. The molecule has 7 heteroatoms. The second-order valence-electron chi connectivity index (χ2n) is 4.93. The Kier molecular flexibility index (Phi) is 5.12. The van der Waals surface area contributed by atoms with Crippen LogP contribution in [0, 0.1) is 0 Å². The number of amides is 1. The molecule has 24 heavy (non-hydrogen) atoms. The smallest absolute Gasteiger partial charge is 0.255 e. The number of benzene rings is 2. The van der Waals surface area contributed by atoms with Gasteiger partial charge in [-0.3, -0.25) is 9.89 Å². The average molecular weight is 340 g/mol. The van der Waals surface area contributed by atoms with E-state index in [9.17, 15) is 4.79 Å². The molecule has 6 nitrogen and oxygen atoms in total. The molecule has 3 rings (SSSR count). The molecule has 1 amide bonds. The number of para-hydroxylation sites is 2. The number of methoxy groups -OCH3 is 1. The third-order valence-electron chi connectivity index (χ3n) is 3.31. The van der Waals surface area contributed by atoms with E-state index in [0.29, 0.717) is 22.8 Å². The zero-order valence-corrected chi connectivity index (χ0v) is 13.8. The second kappa shape index (κ2) is 7.65. The van der Waals surface area contributed by atoms with E-state index in [2.05, 4.69) is 20.5 Å². The second-order valence-corrected chi connectivity index (χ2v) is 5.90. The highest BCUT2D eigenvalue weighted by molar-refractivity contribution is 7.98. The van der Waals surface area contributed by atoms with Gasteiger partial charge in [0.15, 0.2) is 5.16 Å². The minimum Gasteiger partial charge on any atom is -0.495 e. The number of carbonyl (C=O) groups excluding carboxylic acids is 1. The summed E-state index contributed by atoms with van der Waals surface area (Å²) in [6.45, 7) is 0. The summed E-state index contributed by atoms with van der Waals surface area (Å²) in [5.41, 5.74) is 2.27. The van der Waals surface area contributed by atoms with Crippen molar-refractivity contribution in [2.45, 2.75) is 10.9 Å². The number of H-pyrrole nitrogens is 1. The Morgan fingerprint density at radius 2 is 2.12 bits per heavy atom. The number of carbonyl (C=O) groups is 1. The molecule has 0 unspecified atom stereocenters. The average Bonchev–Trinajstić information content (AvgIpc) is 3.14. The fourth-order valence-corrected chi connectivity index (χ4v) is 2.88. The van der Waals surface area contributed by atoms with Crippen LogP contribution in [-0.2, 0) is 5.75 Å². The Bertz CT molecular complexity index is 821. The van der Waals surface area contributed by atoms with E-state index < -0.39 is 0 Å². The van der Waals surface area contributed by atoms with Crippen LogP contribution in [0.25, 0.3) is 0 Å². The molecule has 0 spiro atoms. The minimum absolute atomic E-state index is 0.175. The van der Waals surface area contributed by atoms with Crippen LogP contribution in [0.2, 0.25) is 0 Å². The molecule has 0 aliphatic rings. The van der Waals surface area contributed by atoms with E-state index in [1.165, 1.54) is 18.1 Å². The van der Waals surface area contributed by atoms with Gasteiger partial charge in [-0.25, -0.2) is 4.98 Å². The molecule has 0 fully saturated rings. The predicted octanol–water partition coefficient (Wildman–Crippen LogP) is 3.36. The van der Waals surface area contributed by atoms with Crippen molar-refractivity contribution in [1.29, 1.82) is 0 Å². The minimum atomic E-state index is -0.175. The van der Waals surface area contributed by atoms with Crippen LogP contribution < -0.4 is 10.1 Å². The lowest BCUT2D eigenvalue weighted by molar-refractivity contribution is 0.102. The molecule has 0 bridgehead atoms. The molecule has 1 heterocycles. The van der Waals surface area contributed by atoms with Crippen molar-refractivity contribution >= 4 is 23.4 Å². The highest BCUT2D eigenvalue weighted by atomic mass is 32.2. The summed E-state index contributed by atoms with van der Waals surface area (Å²) in [6, 6.07) is 14.8. The van der Waals surface area contributed by atoms with Gasteiger partial charge >= 0.3 is 0 Å². The maximum atomic E-state index is 12.5. The number of hydrogen-bond acceptors (Lipinski definition) is 5. The van der Waals surface area contributed by atoms with E-state index >= 15 is 0 Å². The van der Waals surface area contributed by atoms with Gasteiger partial charge in [-0.05, 0) is 29.8 Å². The SMILES string of the molecule is COc1ccccc1NC(=O)c1cccc(CSc2ncn[nH]2)c1. The number of nitrogens with zero attached hydrogens (tertiary/aromatic N) is 2. The topological polar surface area (TPSA) is 79.9 Å². The molecular formula is C17H16N4O2S. The van der Waals surface area contributed by atoms with Gasteiger partial charge < -0.3 is 10.1 Å². The van der Waals surface area contributed by atoms with Crippen LogP contribution in [0.1, 0.15) is 15.9 Å². The Morgan fingerprint density at radius 3 is 2.92 bits per heavy atom. The summed E-state index contributed by atoms with van der Waals surface area (Å²) in [7, 11) is 1.58. The maximum absolute atomic E-state index is 12.5. The number of aromatic amines is 1. The van der Waals surface area contributed by atoms with Gasteiger partial charge in [-0.1, -0.05) is 36.0 Å². The molecule has 2 N–H and O–H groups in total. The van der Waals surface area contributed by atoms with Gasteiger partial charge in [0, 0.05) is 11.3 Å². The van der Waals surface area contributed by atoms with Crippen molar-refractivity contribution in [1.82, 2.24) is 15.2 Å². The number of ether oxygens (including phenoxy) is 1. The lowest BCUT2D eigenvalue weighted by Gasteiger charge is -2.10. The Morgan fingerprint density at radius 1 is 1.25 bits per heavy atom. The van der Waals surface area contributed by atoms with Crippen molar-refractivity contribution in [2.24, 2.45) is 0 Å². The summed E-state index contributed by atoms with van der Waals surface area (Å²) in [4.78, 5) is 16.5. The molecule has 3 aromatic rings. The Labute approximate surface area is 143 Å². The van der Waals surface area contributed by atoms with Crippen LogP contribution in [0.5, 0.6) is 5.75 Å². The first-order chi connectivity index (χ1) is 11.8. The van der Waals surface area contributed by atoms with Crippen molar-refractivity contribution in [2.75, 3.05) is 12.4 Å². The molecule has 122 valence electrons. The van der Waals surface area contributed by atoms with Gasteiger partial charge in [0.1, 0.15) is 12.1 Å². The number of thioether (sulfide) groups is 1. The third kappa shape index (κ3) is 3.94. The van der Waals surface area contributed by atoms with E-state index in [-0.39, 0.29) is 5.91 Å². The molecule has 1 aromatic heterocycles. The quantitative estimate of drug-likeness (QED) is 0.673. The fourth-order valence-electron chi connectivity index (χ4n) is 2.16. The van der Waals surface area contributed by atoms with E-state index in [4.69, 9.17) is 4.74 Å². The normalized spacial score (nSPS) is 10.4. The summed E-state index contributed by atoms with van der Waals surface area (Å²) < 4.78 is 5.25. The van der Waals surface area contributed by atoms with Crippen LogP contribution in [0.3, 0.4) is 0 Å². The molecule has 0 aliphatic heterocycles. The first-order valence-electron chi connectivity index (χ1n) is 7.28. The molecule has 0 atom stereocenters. The van der Waals surface area contributed by atoms with E-state index in [1.54, 1.807) is 25.3 Å². The molecule has 0 saturated carbocycles. The number of rotatable bonds is 6. The van der Waals surface area contributed by atoms with Crippen LogP contribution in [-0.4, -0.2) is 28.2 Å². The summed E-state index contributed by atoms with van der Waals surface area (Å²) in [5.74, 6) is 1.15. The summed E-state index contributed by atoms with van der Waals surface area (Å²) in [6.07, 6.45) is 1.47. The number of anilines is 1. The van der Waals surface area contributed by atoms with Gasteiger partial charge in [0.25, 0.3) is 5.91 Å². The third-order valence-corrected chi connectivity index (χ3v) is 4.26. The number of aromatic nitrogens is 3. The molecule has 0 saturated heterocycles. The Balaban J connectivity index is 1.69. The molecular weight excluding hydrogens is 324 g/mol.